The second-order valence-electron chi connectivity index (χ2n) is 5.72. The van der Waals surface area contributed by atoms with Crippen molar-refractivity contribution in [3.05, 3.63) is 33.4 Å². The molecular formula is C14H19N3O5S. The lowest BCUT2D eigenvalue weighted by atomic mass is 9.98. The molecule has 23 heavy (non-hydrogen) atoms. The van der Waals surface area contributed by atoms with Gasteiger partial charge in [-0.15, -0.1) is 0 Å². The lowest BCUT2D eigenvalue weighted by Crippen LogP contribution is -2.41. The van der Waals surface area contributed by atoms with E-state index >= 15 is 0 Å². The van der Waals surface area contributed by atoms with E-state index in [2.05, 4.69) is 0 Å². The molecule has 0 aliphatic carbocycles. The van der Waals surface area contributed by atoms with Crippen LogP contribution >= 0.6 is 0 Å². The van der Waals surface area contributed by atoms with Crippen molar-refractivity contribution < 1.29 is 18.1 Å². The van der Waals surface area contributed by atoms with Gasteiger partial charge in [0.15, 0.2) is 0 Å². The summed E-state index contributed by atoms with van der Waals surface area (Å²) in [7, 11) is -3.83. The van der Waals surface area contributed by atoms with Crippen LogP contribution in [-0.2, 0) is 14.8 Å². The van der Waals surface area contributed by atoms with Gasteiger partial charge in [-0.3, -0.25) is 14.9 Å². The Morgan fingerprint density at radius 1 is 1.30 bits per heavy atom. The zero-order valence-corrected chi connectivity index (χ0v) is 13.8. The van der Waals surface area contributed by atoms with Crippen molar-refractivity contribution >= 4 is 21.6 Å². The molecule has 2 rings (SSSR count). The molecule has 9 heteroatoms. The predicted octanol–water partition coefficient (Wildman–Crippen LogP) is 1.10. The van der Waals surface area contributed by atoms with Gasteiger partial charge in [0.1, 0.15) is 0 Å². The Bertz CT molecular complexity index is 752. The molecule has 0 aromatic heterocycles. The molecule has 0 bridgehead atoms. The molecule has 126 valence electrons. The summed E-state index contributed by atoms with van der Waals surface area (Å²) in [4.78, 5) is 21.6. The molecule has 0 atom stereocenters. The van der Waals surface area contributed by atoms with E-state index in [0.29, 0.717) is 24.0 Å². The van der Waals surface area contributed by atoms with Gasteiger partial charge in [0.25, 0.3) is 5.69 Å². The molecule has 1 fully saturated rings. The highest BCUT2D eigenvalue weighted by atomic mass is 32.2. The summed E-state index contributed by atoms with van der Waals surface area (Å²) in [5, 5.41) is 11.1. The number of carbonyl (C=O) groups is 1. The van der Waals surface area contributed by atoms with E-state index in [1.54, 1.807) is 13.8 Å². The van der Waals surface area contributed by atoms with E-state index in [4.69, 9.17) is 5.73 Å². The molecule has 0 radical (unpaired) electrons. The molecule has 8 nitrogen and oxygen atoms in total. The zero-order chi connectivity index (χ0) is 17.4. The first-order chi connectivity index (χ1) is 10.6. The third-order valence-corrected chi connectivity index (χ3v) is 6.18. The number of hydrogen-bond acceptors (Lipinski definition) is 5. The number of benzene rings is 1. The van der Waals surface area contributed by atoms with Gasteiger partial charge in [-0.1, -0.05) is 0 Å². The third-order valence-electron chi connectivity index (χ3n) is 4.30. The van der Waals surface area contributed by atoms with Crippen LogP contribution in [0.25, 0.3) is 0 Å². The molecule has 1 aliphatic heterocycles. The Morgan fingerprint density at radius 2 is 1.87 bits per heavy atom. The summed E-state index contributed by atoms with van der Waals surface area (Å²) >= 11 is 0. The van der Waals surface area contributed by atoms with Crippen LogP contribution in [-0.4, -0.2) is 36.6 Å². The van der Waals surface area contributed by atoms with Gasteiger partial charge < -0.3 is 5.73 Å². The van der Waals surface area contributed by atoms with Gasteiger partial charge in [0.05, 0.1) is 9.82 Å². The van der Waals surface area contributed by atoms with Crippen LogP contribution in [0.3, 0.4) is 0 Å². The van der Waals surface area contributed by atoms with Crippen LogP contribution < -0.4 is 5.73 Å². The van der Waals surface area contributed by atoms with Crippen molar-refractivity contribution in [1.29, 1.82) is 0 Å². The Hall–Kier alpha value is -2.00. The standard InChI is InChI=1S/C14H19N3O5S/c1-9-7-12(8-13(10(9)2)17(19)20)23(21,22)16-5-3-11(4-6-16)14(15)18/h7-8,11H,3-6H2,1-2H3,(H2,15,18). The first-order valence-corrected chi connectivity index (χ1v) is 8.63. The molecule has 1 amide bonds. The van der Waals surface area contributed by atoms with Gasteiger partial charge in [0.2, 0.25) is 15.9 Å². The number of sulfonamides is 1. The number of piperidine rings is 1. The summed E-state index contributed by atoms with van der Waals surface area (Å²) < 4.78 is 26.6. The molecule has 1 aromatic carbocycles. The molecule has 1 aliphatic rings. The Balaban J connectivity index is 2.34. The highest BCUT2D eigenvalue weighted by molar-refractivity contribution is 7.89. The van der Waals surface area contributed by atoms with Gasteiger partial charge in [-0.2, -0.15) is 4.31 Å². The number of hydrogen-bond donors (Lipinski definition) is 1. The first kappa shape index (κ1) is 17.4. The molecule has 1 aromatic rings. The van der Waals surface area contributed by atoms with Crippen LogP contribution in [0.1, 0.15) is 24.0 Å². The van der Waals surface area contributed by atoms with E-state index in [1.165, 1.54) is 10.4 Å². The topological polar surface area (TPSA) is 124 Å². The van der Waals surface area contributed by atoms with Gasteiger partial charge >= 0.3 is 0 Å². The van der Waals surface area contributed by atoms with E-state index < -0.39 is 20.9 Å². The average molecular weight is 341 g/mol. The fraction of sp³-hybridized carbons (Fsp3) is 0.500. The van der Waals surface area contributed by atoms with E-state index in [0.717, 1.165) is 6.07 Å². The van der Waals surface area contributed by atoms with Crippen LogP contribution in [0.5, 0.6) is 0 Å². The zero-order valence-electron chi connectivity index (χ0n) is 13.0. The maximum Gasteiger partial charge on any atom is 0.273 e. The summed E-state index contributed by atoms with van der Waals surface area (Å²) in [5.41, 5.74) is 6.02. The minimum Gasteiger partial charge on any atom is -0.369 e. The maximum atomic E-state index is 12.7. The van der Waals surface area contributed by atoms with Gasteiger partial charge in [-0.25, -0.2) is 8.42 Å². The third kappa shape index (κ3) is 3.35. The molecule has 0 unspecified atom stereocenters. The largest absolute Gasteiger partial charge is 0.369 e. The highest BCUT2D eigenvalue weighted by Crippen LogP contribution is 2.29. The summed E-state index contributed by atoms with van der Waals surface area (Å²) in [6.07, 6.45) is 0.725. The molecule has 1 saturated heterocycles. The lowest BCUT2D eigenvalue weighted by molar-refractivity contribution is -0.385. The van der Waals surface area contributed by atoms with Crippen LogP contribution in [0.15, 0.2) is 17.0 Å². The predicted molar refractivity (Wildman–Crippen MR) is 83.2 cm³/mol. The quantitative estimate of drug-likeness (QED) is 0.648. The number of nitro benzene ring substituents is 1. The summed E-state index contributed by atoms with van der Waals surface area (Å²) in [6.45, 7) is 3.58. The second kappa shape index (κ2) is 6.25. The van der Waals surface area contributed by atoms with E-state index in [9.17, 15) is 23.3 Å². The lowest BCUT2D eigenvalue weighted by Gasteiger charge is -2.29. The number of aryl methyl sites for hydroxylation is 1. The smallest absolute Gasteiger partial charge is 0.273 e. The van der Waals surface area contributed by atoms with Crippen molar-refractivity contribution in [2.75, 3.05) is 13.1 Å². The number of nitrogens with two attached hydrogens (primary N) is 1. The molecule has 0 spiro atoms. The highest BCUT2D eigenvalue weighted by Gasteiger charge is 2.32. The number of carbonyl (C=O) groups excluding carboxylic acids is 1. The first-order valence-electron chi connectivity index (χ1n) is 7.19. The van der Waals surface area contributed by atoms with Crippen LogP contribution in [0.2, 0.25) is 0 Å². The van der Waals surface area contributed by atoms with Crippen LogP contribution in [0.4, 0.5) is 5.69 Å². The van der Waals surface area contributed by atoms with E-state index in [1.807, 2.05) is 0 Å². The normalized spacial score (nSPS) is 17.1. The second-order valence-corrected chi connectivity index (χ2v) is 7.66. The van der Waals surface area contributed by atoms with Gasteiger partial charge in [-0.05, 0) is 38.3 Å². The van der Waals surface area contributed by atoms with Crippen LogP contribution in [0, 0.1) is 29.9 Å². The van der Waals surface area contributed by atoms with E-state index in [-0.39, 0.29) is 29.6 Å². The Morgan fingerprint density at radius 3 is 2.35 bits per heavy atom. The summed E-state index contributed by atoms with van der Waals surface area (Å²) in [6, 6.07) is 2.54. The van der Waals surface area contributed by atoms with Crippen molar-refractivity contribution in [2.24, 2.45) is 11.7 Å². The van der Waals surface area contributed by atoms with Gasteiger partial charge in [0, 0.05) is 30.6 Å². The van der Waals surface area contributed by atoms with Crippen molar-refractivity contribution in [3.8, 4) is 0 Å². The monoisotopic (exact) mass is 341 g/mol. The number of amides is 1. The van der Waals surface area contributed by atoms with Crippen molar-refractivity contribution in [1.82, 2.24) is 4.31 Å². The average Bonchev–Trinajstić information content (AvgIpc) is 2.49. The fourth-order valence-corrected chi connectivity index (χ4v) is 4.25. The number of nitro groups is 1. The Kier molecular flexibility index (Phi) is 4.71. The van der Waals surface area contributed by atoms with Crippen molar-refractivity contribution in [3.63, 3.8) is 0 Å². The number of primary amides is 1. The minimum atomic E-state index is -3.83. The SMILES string of the molecule is Cc1cc(S(=O)(=O)N2CCC(C(N)=O)CC2)cc([N+](=O)[O-])c1C. The summed E-state index contributed by atoms with van der Waals surface area (Å²) in [5.74, 6) is -0.751. The number of nitrogens with zero attached hydrogens (tertiary/aromatic N) is 2. The minimum absolute atomic E-state index is 0.0928. The molecule has 2 N–H and O–H groups in total. The molecule has 1 heterocycles. The Labute approximate surface area is 134 Å². The van der Waals surface area contributed by atoms with Crippen molar-refractivity contribution in [2.45, 2.75) is 31.6 Å². The maximum absolute atomic E-state index is 12.7. The molecule has 0 saturated carbocycles. The number of rotatable bonds is 4. The molecular weight excluding hydrogens is 322 g/mol. The fourth-order valence-electron chi connectivity index (χ4n) is 2.68.